The summed E-state index contributed by atoms with van der Waals surface area (Å²) in [4.78, 5) is 9.84. The summed E-state index contributed by atoms with van der Waals surface area (Å²) in [6.45, 7) is 5.83. The van der Waals surface area contributed by atoms with E-state index in [-0.39, 0.29) is 6.10 Å². The van der Waals surface area contributed by atoms with Gasteiger partial charge < -0.3 is 9.42 Å². The van der Waals surface area contributed by atoms with Crippen LogP contribution in [0.4, 0.5) is 0 Å². The molecule has 16 heavy (non-hydrogen) atoms. The Kier molecular flexibility index (Phi) is 4.72. The Labute approximate surface area is 97.0 Å². The van der Waals surface area contributed by atoms with Gasteiger partial charge in [0.1, 0.15) is 0 Å². The van der Waals surface area contributed by atoms with Crippen LogP contribution in [0.5, 0.6) is 0 Å². The van der Waals surface area contributed by atoms with Crippen LogP contribution in [-0.2, 0) is 9.09 Å². The molecule has 1 unspecified atom stereocenters. The van der Waals surface area contributed by atoms with Gasteiger partial charge in [-0.05, 0) is 31.9 Å². The zero-order valence-electron chi connectivity index (χ0n) is 10.0. The third kappa shape index (κ3) is 3.44. The van der Waals surface area contributed by atoms with Crippen LogP contribution in [-0.4, -0.2) is 11.0 Å². The van der Waals surface area contributed by atoms with Gasteiger partial charge in [0.05, 0.1) is 11.4 Å². The first-order valence-electron chi connectivity index (χ1n) is 5.58. The summed E-state index contributed by atoms with van der Waals surface area (Å²) in [5.41, 5.74) is 1.06. The molecule has 0 aliphatic rings. The minimum absolute atomic E-state index is 0.155. The van der Waals surface area contributed by atoms with Crippen LogP contribution < -0.4 is 5.30 Å². The molecule has 0 radical (unpaired) electrons. The summed E-state index contributed by atoms with van der Waals surface area (Å²) >= 11 is 0. The van der Waals surface area contributed by atoms with Crippen molar-refractivity contribution in [3.63, 3.8) is 0 Å². The van der Waals surface area contributed by atoms with E-state index >= 15 is 0 Å². The van der Waals surface area contributed by atoms with E-state index in [1.807, 2.05) is 32.9 Å². The van der Waals surface area contributed by atoms with Gasteiger partial charge in [-0.25, -0.2) is 0 Å². The highest BCUT2D eigenvalue weighted by molar-refractivity contribution is 7.61. The first-order valence-corrected chi connectivity index (χ1v) is 7.15. The van der Waals surface area contributed by atoms with Gasteiger partial charge in [-0.2, -0.15) is 0 Å². The molecule has 3 nitrogen and oxygen atoms in total. The zero-order valence-corrected chi connectivity index (χ0v) is 10.9. The van der Waals surface area contributed by atoms with Gasteiger partial charge >= 0.3 is 7.60 Å². The summed E-state index contributed by atoms with van der Waals surface area (Å²) in [5, 5.41) is 0.366. The van der Waals surface area contributed by atoms with E-state index in [1.54, 1.807) is 12.1 Å². The van der Waals surface area contributed by atoms with Crippen LogP contribution in [0, 0.1) is 6.92 Å². The highest BCUT2D eigenvalue weighted by Crippen LogP contribution is 2.43. The number of hydrogen-bond acceptors (Lipinski definition) is 2. The molecule has 1 N–H and O–H groups in total. The average molecular weight is 242 g/mol. The quantitative estimate of drug-likeness (QED) is 0.807. The fraction of sp³-hybridized carbons (Fsp3) is 0.500. The number of rotatable bonds is 5. The second kappa shape index (κ2) is 5.62. The Balaban J connectivity index is 2.84. The van der Waals surface area contributed by atoms with Crippen molar-refractivity contribution in [2.45, 2.75) is 39.7 Å². The molecule has 0 saturated carbocycles. The second-order valence-corrected chi connectivity index (χ2v) is 5.67. The summed E-state index contributed by atoms with van der Waals surface area (Å²) in [5.74, 6) is 0. The van der Waals surface area contributed by atoms with Crippen LogP contribution >= 0.6 is 7.60 Å². The maximum absolute atomic E-state index is 12.0. The lowest BCUT2D eigenvalue weighted by molar-refractivity contribution is 0.172. The Bertz CT molecular complexity index is 368. The van der Waals surface area contributed by atoms with E-state index in [2.05, 4.69) is 0 Å². The van der Waals surface area contributed by atoms with E-state index in [0.717, 1.165) is 18.4 Å². The van der Waals surface area contributed by atoms with Crippen LogP contribution in [0.2, 0.25) is 0 Å². The van der Waals surface area contributed by atoms with Crippen molar-refractivity contribution in [2.75, 3.05) is 0 Å². The lowest BCUT2D eigenvalue weighted by Gasteiger charge is -2.19. The lowest BCUT2D eigenvalue weighted by atomic mass is 10.2. The summed E-state index contributed by atoms with van der Waals surface area (Å²) in [7, 11) is -3.65. The predicted octanol–water partition coefficient (Wildman–Crippen LogP) is 3.01. The minimum Gasteiger partial charge on any atom is -0.321 e. The molecule has 0 aromatic heterocycles. The zero-order chi connectivity index (χ0) is 12.2. The molecule has 1 rings (SSSR count). The number of aryl methyl sites for hydroxylation is 1. The van der Waals surface area contributed by atoms with E-state index in [4.69, 9.17) is 4.52 Å². The van der Waals surface area contributed by atoms with E-state index in [9.17, 15) is 9.46 Å². The molecule has 4 heteroatoms. The number of hydrogen-bond donors (Lipinski definition) is 1. The third-order valence-corrected chi connectivity index (χ3v) is 4.10. The van der Waals surface area contributed by atoms with Crippen molar-refractivity contribution in [3.8, 4) is 0 Å². The monoisotopic (exact) mass is 242 g/mol. The first-order chi connectivity index (χ1) is 7.49. The molecule has 90 valence electrons. The van der Waals surface area contributed by atoms with Crippen LogP contribution in [0.15, 0.2) is 24.3 Å². The van der Waals surface area contributed by atoms with Crippen molar-refractivity contribution in [3.05, 3.63) is 29.8 Å². The van der Waals surface area contributed by atoms with Gasteiger partial charge in [0, 0.05) is 0 Å². The van der Waals surface area contributed by atoms with E-state index in [0.29, 0.717) is 5.30 Å². The molecule has 1 atom stereocenters. The predicted molar refractivity (Wildman–Crippen MR) is 66.1 cm³/mol. The Hall–Kier alpha value is -0.630. The highest BCUT2D eigenvalue weighted by Gasteiger charge is 2.25. The van der Waals surface area contributed by atoms with Crippen molar-refractivity contribution in [1.29, 1.82) is 0 Å². The molecule has 0 aliphatic heterocycles. The molecule has 0 amide bonds. The molecule has 0 fully saturated rings. The van der Waals surface area contributed by atoms with Gasteiger partial charge in [-0.1, -0.05) is 31.5 Å². The van der Waals surface area contributed by atoms with Crippen molar-refractivity contribution in [1.82, 2.24) is 0 Å². The van der Waals surface area contributed by atoms with Crippen LogP contribution in [0.25, 0.3) is 0 Å². The topological polar surface area (TPSA) is 46.5 Å². The fourth-order valence-electron chi connectivity index (χ4n) is 1.43. The lowest BCUT2D eigenvalue weighted by Crippen LogP contribution is -2.14. The maximum atomic E-state index is 12.0. The first kappa shape index (κ1) is 13.4. The maximum Gasteiger partial charge on any atom is 0.359 e. The Morgan fingerprint density at radius 3 is 2.19 bits per heavy atom. The molecule has 0 spiro atoms. The standard InChI is InChI=1S/C12H19O3P/c1-4-11(5-2)15-16(13,14)12-8-6-10(3)7-9-12/h6-9,11H,4-5H2,1-3H3,(H,13,14). The van der Waals surface area contributed by atoms with Crippen molar-refractivity contribution in [2.24, 2.45) is 0 Å². The van der Waals surface area contributed by atoms with Crippen molar-refractivity contribution >= 4 is 12.9 Å². The minimum atomic E-state index is -3.65. The van der Waals surface area contributed by atoms with Gasteiger partial charge in [0.25, 0.3) is 0 Å². The molecule has 1 aromatic carbocycles. The Morgan fingerprint density at radius 1 is 1.25 bits per heavy atom. The molecular formula is C12H19O3P. The number of benzene rings is 1. The highest BCUT2D eigenvalue weighted by atomic mass is 31.2. The average Bonchev–Trinajstić information content (AvgIpc) is 2.26. The molecule has 0 aliphatic carbocycles. The van der Waals surface area contributed by atoms with E-state index in [1.165, 1.54) is 0 Å². The normalized spacial score (nSPS) is 15.1. The summed E-state index contributed by atoms with van der Waals surface area (Å²) < 4.78 is 17.3. The molecule has 1 aromatic rings. The molecule has 0 heterocycles. The SMILES string of the molecule is CCC(CC)OP(=O)(O)c1ccc(C)cc1. The molecule has 0 saturated heterocycles. The fourth-order valence-corrected chi connectivity index (χ4v) is 2.78. The van der Waals surface area contributed by atoms with Crippen molar-refractivity contribution < 1.29 is 14.0 Å². The molecule has 0 bridgehead atoms. The largest absolute Gasteiger partial charge is 0.359 e. The smallest absolute Gasteiger partial charge is 0.321 e. The Morgan fingerprint density at radius 2 is 1.75 bits per heavy atom. The van der Waals surface area contributed by atoms with Gasteiger partial charge in [0.2, 0.25) is 0 Å². The van der Waals surface area contributed by atoms with Crippen LogP contribution in [0.3, 0.4) is 0 Å². The summed E-state index contributed by atoms with van der Waals surface area (Å²) in [6, 6.07) is 6.93. The van der Waals surface area contributed by atoms with Gasteiger partial charge in [-0.3, -0.25) is 4.57 Å². The third-order valence-electron chi connectivity index (χ3n) is 2.56. The van der Waals surface area contributed by atoms with Gasteiger partial charge in [0.15, 0.2) is 0 Å². The van der Waals surface area contributed by atoms with Gasteiger partial charge in [-0.15, -0.1) is 0 Å². The van der Waals surface area contributed by atoms with Crippen LogP contribution in [0.1, 0.15) is 32.3 Å². The summed E-state index contributed by atoms with van der Waals surface area (Å²) in [6.07, 6.45) is 1.33. The molecular weight excluding hydrogens is 223 g/mol. The second-order valence-electron chi connectivity index (χ2n) is 3.90. The van der Waals surface area contributed by atoms with E-state index < -0.39 is 7.60 Å².